The minimum absolute atomic E-state index is 0.309. The van der Waals surface area contributed by atoms with Gasteiger partial charge in [0.15, 0.2) is 0 Å². The topological polar surface area (TPSA) is 37.7 Å². The Hall–Kier alpha value is -2.37. The molecule has 170 valence electrons. The van der Waals surface area contributed by atoms with Crippen molar-refractivity contribution in [2.75, 3.05) is 39.4 Å². The molecule has 5 heteroatoms. The number of benzene rings is 2. The van der Waals surface area contributed by atoms with Gasteiger partial charge in [0.1, 0.15) is 0 Å². The van der Waals surface area contributed by atoms with E-state index in [2.05, 4.69) is 58.9 Å². The summed E-state index contributed by atoms with van der Waals surface area (Å²) in [7, 11) is 0. The molecule has 3 aromatic rings. The number of piperidine rings is 1. The molecule has 32 heavy (non-hydrogen) atoms. The lowest BCUT2D eigenvalue weighted by atomic mass is 9.92. The average Bonchev–Trinajstić information content (AvgIpc) is 3.16. The van der Waals surface area contributed by atoms with Gasteiger partial charge >= 0.3 is 0 Å². The van der Waals surface area contributed by atoms with E-state index in [0.717, 1.165) is 45.7 Å². The van der Waals surface area contributed by atoms with Crippen molar-refractivity contribution in [1.29, 1.82) is 0 Å². The highest BCUT2D eigenvalue weighted by atomic mass is 16.5. The second-order valence-corrected chi connectivity index (χ2v) is 9.39. The maximum atomic E-state index is 12.5. The quantitative estimate of drug-likeness (QED) is 0.567. The zero-order valence-corrected chi connectivity index (χ0v) is 19.3. The van der Waals surface area contributed by atoms with Gasteiger partial charge in [0.05, 0.1) is 13.2 Å². The molecule has 0 aliphatic carbocycles. The van der Waals surface area contributed by atoms with Crippen molar-refractivity contribution >= 4 is 27.7 Å². The number of ether oxygens (including phenoxy) is 1. The molecular weight excluding hydrogens is 398 g/mol. The van der Waals surface area contributed by atoms with Gasteiger partial charge < -0.3 is 14.2 Å². The van der Waals surface area contributed by atoms with E-state index < -0.39 is 0 Å². The van der Waals surface area contributed by atoms with Gasteiger partial charge in [0.2, 0.25) is 5.91 Å². The maximum absolute atomic E-state index is 12.5. The summed E-state index contributed by atoms with van der Waals surface area (Å²) in [5.41, 5.74) is 4.04. The van der Waals surface area contributed by atoms with Crippen molar-refractivity contribution in [3.63, 3.8) is 0 Å². The van der Waals surface area contributed by atoms with Crippen molar-refractivity contribution in [1.82, 2.24) is 14.4 Å². The van der Waals surface area contributed by atoms with Gasteiger partial charge in [-0.05, 0) is 62.4 Å². The SMILES string of the molecule is CCn1c2ccccc2c2cc(CN3CCCC(CCC(=O)N4CCOCC4)C3)ccc21. The number of likely N-dealkylation sites (tertiary alicyclic amines) is 1. The van der Waals surface area contributed by atoms with Gasteiger partial charge in [0, 0.05) is 61.0 Å². The van der Waals surface area contributed by atoms with E-state index in [1.54, 1.807) is 0 Å². The van der Waals surface area contributed by atoms with Gasteiger partial charge in [0.25, 0.3) is 0 Å². The van der Waals surface area contributed by atoms with Crippen LogP contribution in [0.5, 0.6) is 0 Å². The minimum atomic E-state index is 0.309. The molecule has 0 spiro atoms. The first-order valence-corrected chi connectivity index (χ1v) is 12.3. The summed E-state index contributed by atoms with van der Waals surface area (Å²) in [5, 5.41) is 2.72. The third kappa shape index (κ3) is 4.41. The number of nitrogens with zero attached hydrogens (tertiary/aromatic N) is 3. The summed E-state index contributed by atoms with van der Waals surface area (Å²) in [6, 6.07) is 15.8. The standard InChI is InChI=1S/C27H35N3O2/c1-2-30-25-8-4-3-7-23(25)24-18-22(9-11-26(24)30)20-28-13-5-6-21(19-28)10-12-27(31)29-14-16-32-17-15-29/h3-4,7-9,11,18,21H,2,5-6,10,12-17,19-20H2,1H3. The summed E-state index contributed by atoms with van der Waals surface area (Å²) in [4.78, 5) is 17.1. The summed E-state index contributed by atoms with van der Waals surface area (Å²) < 4.78 is 7.78. The van der Waals surface area contributed by atoms with Crippen LogP contribution in [0.15, 0.2) is 42.5 Å². The molecule has 0 bridgehead atoms. The van der Waals surface area contributed by atoms with Crippen LogP contribution in [-0.2, 0) is 22.6 Å². The smallest absolute Gasteiger partial charge is 0.222 e. The molecule has 2 fully saturated rings. The lowest BCUT2D eigenvalue weighted by Gasteiger charge is -2.33. The summed E-state index contributed by atoms with van der Waals surface area (Å²) in [6.45, 7) is 9.34. The van der Waals surface area contributed by atoms with E-state index in [0.29, 0.717) is 31.5 Å². The predicted octanol–water partition coefficient (Wildman–Crippen LogP) is 4.67. The molecule has 0 radical (unpaired) electrons. The van der Waals surface area contributed by atoms with Crippen molar-refractivity contribution in [3.8, 4) is 0 Å². The molecule has 1 amide bonds. The van der Waals surface area contributed by atoms with Crippen LogP contribution in [-0.4, -0.2) is 59.7 Å². The number of aryl methyl sites for hydroxylation is 1. The van der Waals surface area contributed by atoms with Gasteiger partial charge in [-0.2, -0.15) is 0 Å². The van der Waals surface area contributed by atoms with Crippen LogP contribution in [0.2, 0.25) is 0 Å². The van der Waals surface area contributed by atoms with E-state index in [9.17, 15) is 4.79 Å². The molecule has 0 saturated carbocycles. The second kappa shape index (κ2) is 9.63. The summed E-state index contributed by atoms with van der Waals surface area (Å²) in [6.07, 6.45) is 4.17. The number of fused-ring (bicyclic) bond motifs is 3. The largest absolute Gasteiger partial charge is 0.378 e. The van der Waals surface area contributed by atoms with Crippen LogP contribution in [0, 0.1) is 5.92 Å². The van der Waals surface area contributed by atoms with Crippen molar-refractivity contribution in [2.45, 2.75) is 45.7 Å². The highest BCUT2D eigenvalue weighted by Crippen LogP contribution is 2.30. The summed E-state index contributed by atoms with van der Waals surface area (Å²) in [5.74, 6) is 0.933. The number of para-hydroxylation sites is 1. The Balaban J connectivity index is 1.24. The first-order valence-electron chi connectivity index (χ1n) is 12.3. The number of hydrogen-bond donors (Lipinski definition) is 0. The Bertz CT molecular complexity index is 1080. The fourth-order valence-corrected chi connectivity index (χ4v) is 5.63. The number of amides is 1. The number of carbonyl (C=O) groups is 1. The molecular formula is C27H35N3O2. The van der Waals surface area contributed by atoms with Crippen LogP contribution in [0.4, 0.5) is 0 Å². The lowest BCUT2D eigenvalue weighted by molar-refractivity contribution is -0.135. The molecule has 1 unspecified atom stereocenters. The van der Waals surface area contributed by atoms with Gasteiger partial charge in [-0.3, -0.25) is 9.69 Å². The fourth-order valence-electron chi connectivity index (χ4n) is 5.63. The van der Waals surface area contributed by atoms with Crippen molar-refractivity contribution in [3.05, 3.63) is 48.0 Å². The molecule has 1 atom stereocenters. The van der Waals surface area contributed by atoms with Crippen molar-refractivity contribution in [2.24, 2.45) is 5.92 Å². The first-order chi connectivity index (χ1) is 15.7. The number of hydrogen-bond acceptors (Lipinski definition) is 3. The van der Waals surface area contributed by atoms with Crippen LogP contribution in [0.3, 0.4) is 0 Å². The number of rotatable bonds is 6. The zero-order chi connectivity index (χ0) is 21.9. The monoisotopic (exact) mass is 433 g/mol. The second-order valence-electron chi connectivity index (χ2n) is 9.39. The zero-order valence-electron chi connectivity index (χ0n) is 19.3. The maximum Gasteiger partial charge on any atom is 0.222 e. The molecule has 5 nitrogen and oxygen atoms in total. The molecule has 1 aromatic heterocycles. The predicted molar refractivity (Wildman–Crippen MR) is 130 cm³/mol. The molecule has 0 N–H and O–H groups in total. The average molecular weight is 434 g/mol. The highest BCUT2D eigenvalue weighted by molar-refractivity contribution is 6.08. The Morgan fingerprint density at radius 3 is 2.69 bits per heavy atom. The van der Waals surface area contributed by atoms with Crippen LogP contribution in [0.25, 0.3) is 21.8 Å². The number of carbonyl (C=O) groups excluding carboxylic acids is 1. The van der Waals surface area contributed by atoms with E-state index in [1.807, 2.05) is 4.90 Å². The fraction of sp³-hybridized carbons (Fsp3) is 0.519. The Morgan fingerprint density at radius 1 is 1.03 bits per heavy atom. The molecule has 2 aliphatic heterocycles. The molecule has 2 saturated heterocycles. The molecule has 2 aromatic carbocycles. The first kappa shape index (κ1) is 21.5. The van der Waals surface area contributed by atoms with Crippen molar-refractivity contribution < 1.29 is 9.53 Å². The van der Waals surface area contributed by atoms with Gasteiger partial charge in [-0.1, -0.05) is 24.3 Å². The van der Waals surface area contributed by atoms with E-state index >= 15 is 0 Å². The van der Waals surface area contributed by atoms with Crippen LogP contribution >= 0.6 is 0 Å². The molecule has 2 aliphatic rings. The number of morpholine rings is 1. The van der Waals surface area contributed by atoms with E-state index in [-0.39, 0.29) is 0 Å². The lowest BCUT2D eigenvalue weighted by Crippen LogP contribution is -2.41. The third-order valence-electron chi connectivity index (χ3n) is 7.29. The molecule has 3 heterocycles. The third-order valence-corrected chi connectivity index (χ3v) is 7.29. The van der Waals surface area contributed by atoms with E-state index in [1.165, 1.54) is 40.2 Å². The number of aromatic nitrogens is 1. The highest BCUT2D eigenvalue weighted by Gasteiger charge is 2.23. The Kier molecular flexibility index (Phi) is 6.47. The van der Waals surface area contributed by atoms with E-state index in [4.69, 9.17) is 4.74 Å². The van der Waals surface area contributed by atoms with Crippen LogP contribution < -0.4 is 0 Å². The van der Waals surface area contributed by atoms with Crippen LogP contribution in [0.1, 0.15) is 38.2 Å². The summed E-state index contributed by atoms with van der Waals surface area (Å²) >= 11 is 0. The Morgan fingerprint density at radius 2 is 1.84 bits per heavy atom. The Labute approximate surface area is 190 Å². The molecule has 5 rings (SSSR count). The van der Waals surface area contributed by atoms with Gasteiger partial charge in [-0.25, -0.2) is 0 Å². The van der Waals surface area contributed by atoms with Gasteiger partial charge in [-0.15, -0.1) is 0 Å². The minimum Gasteiger partial charge on any atom is -0.378 e. The normalized spacial score (nSPS) is 20.3.